The molecule has 1 saturated carbocycles. The third kappa shape index (κ3) is 3.54. The third-order valence-corrected chi connectivity index (χ3v) is 5.13. The van der Waals surface area contributed by atoms with Crippen LogP contribution in [0.15, 0.2) is 6.07 Å². The molecular weight excluding hydrogens is 276 g/mol. The van der Waals surface area contributed by atoms with Gasteiger partial charge < -0.3 is 14.6 Å². The van der Waals surface area contributed by atoms with E-state index in [-0.39, 0.29) is 5.91 Å². The van der Waals surface area contributed by atoms with Gasteiger partial charge in [-0.3, -0.25) is 4.79 Å². The van der Waals surface area contributed by atoms with E-state index in [2.05, 4.69) is 4.98 Å². The number of hydrogen-bond donors (Lipinski definition) is 1. The lowest BCUT2D eigenvalue weighted by atomic mass is 10.1. The number of aryl methyl sites for hydroxylation is 2. The van der Waals surface area contributed by atoms with E-state index in [4.69, 9.17) is 4.74 Å². The molecule has 0 unspecified atom stereocenters. The molecule has 1 N–H and O–H groups in total. The Morgan fingerprint density at radius 2 is 1.91 bits per heavy atom. The number of hydrogen-bond acceptors (Lipinski definition) is 2. The first-order chi connectivity index (χ1) is 10.6. The Labute approximate surface area is 133 Å². The average molecular weight is 304 g/mol. The Hall–Kier alpha value is -1.29. The number of amides is 1. The number of likely N-dealkylation sites (tertiary alicyclic amines) is 1. The fraction of sp³-hybridized carbons (Fsp3) is 0.722. The molecule has 0 spiro atoms. The van der Waals surface area contributed by atoms with E-state index >= 15 is 0 Å². The van der Waals surface area contributed by atoms with Gasteiger partial charge in [-0.25, -0.2) is 0 Å². The quantitative estimate of drug-likeness (QED) is 0.926. The van der Waals surface area contributed by atoms with Crippen molar-refractivity contribution in [2.24, 2.45) is 5.92 Å². The molecular formula is C18H28N2O2. The molecule has 2 fully saturated rings. The highest BCUT2D eigenvalue weighted by Gasteiger charge is 2.26. The summed E-state index contributed by atoms with van der Waals surface area (Å²) in [6, 6.07) is 2.03. The summed E-state index contributed by atoms with van der Waals surface area (Å²) >= 11 is 0. The second kappa shape index (κ2) is 6.86. The molecule has 1 amide bonds. The number of nitrogens with one attached hydrogen (secondary N) is 1. The van der Waals surface area contributed by atoms with E-state index in [1.54, 1.807) is 0 Å². The third-order valence-electron chi connectivity index (χ3n) is 5.13. The van der Waals surface area contributed by atoms with Gasteiger partial charge in [0.15, 0.2) is 0 Å². The van der Waals surface area contributed by atoms with E-state index in [1.165, 1.54) is 25.7 Å². The van der Waals surface area contributed by atoms with E-state index in [9.17, 15) is 4.79 Å². The van der Waals surface area contributed by atoms with Crippen molar-refractivity contribution in [2.75, 3.05) is 19.7 Å². The maximum absolute atomic E-state index is 12.6. The molecule has 1 aliphatic heterocycles. The minimum absolute atomic E-state index is 0.139. The molecule has 2 aliphatic rings. The summed E-state index contributed by atoms with van der Waals surface area (Å²) in [6.45, 7) is 6.53. The average Bonchev–Trinajstić information content (AvgIpc) is 3.14. The van der Waals surface area contributed by atoms with Crippen LogP contribution in [0.1, 0.15) is 60.3 Å². The van der Waals surface area contributed by atoms with Crippen LogP contribution < -0.4 is 0 Å². The highest BCUT2D eigenvalue weighted by atomic mass is 16.5. The summed E-state index contributed by atoms with van der Waals surface area (Å²) < 4.78 is 6.08. The van der Waals surface area contributed by atoms with Gasteiger partial charge in [0.1, 0.15) is 5.69 Å². The van der Waals surface area contributed by atoms with Gasteiger partial charge in [0.05, 0.1) is 6.10 Å². The maximum Gasteiger partial charge on any atom is 0.270 e. The number of H-pyrrole nitrogens is 1. The van der Waals surface area contributed by atoms with Crippen molar-refractivity contribution in [3.8, 4) is 0 Å². The van der Waals surface area contributed by atoms with Gasteiger partial charge in [-0.1, -0.05) is 12.8 Å². The number of aromatic amines is 1. The van der Waals surface area contributed by atoms with Crippen LogP contribution in [0.4, 0.5) is 0 Å². The number of carbonyl (C=O) groups is 1. The van der Waals surface area contributed by atoms with Crippen molar-refractivity contribution >= 4 is 5.91 Å². The highest BCUT2D eigenvalue weighted by molar-refractivity contribution is 5.94. The lowest BCUT2D eigenvalue weighted by Gasteiger charge is -2.32. The number of piperidine rings is 1. The zero-order valence-electron chi connectivity index (χ0n) is 13.9. The first-order valence-corrected chi connectivity index (χ1v) is 8.70. The first-order valence-electron chi connectivity index (χ1n) is 8.70. The Balaban J connectivity index is 1.46. The molecule has 1 aliphatic carbocycles. The SMILES string of the molecule is Cc1cc(C)c(C(=O)N2CCC(OCC3CCCC3)CC2)[nH]1. The number of aromatic nitrogens is 1. The van der Waals surface area contributed by atoms with Crippen LogP contribution in [-0.2, 0) is 4.74 Å². The predicted octanol–water partition coefficient (Wildman–Crippen LogP) is 3.44. The van der Waals surface area contributed by atoms with Crippen molar-refractivity contribution in [3.05, 3.63) is 23.0 Å². The molecule has 2 heterocycles. The van der Waals surface area contributed by atoms with Crippen LogP contribution in [0.25, 0.3) is 0 Å². The van der Waals surface area contributed by atoms with Crippen molar-refractivity contribution in [3.63, 3.8) is 0 Å². The summed E-state index contributed by atoms with van der Waals surface area (Å²) in [5.74, 6) is 0.920. The molecule has 0 atom stereocenters. The van der Waals surface area contributed by atoms with Crippen LogP contribution in [0, 0.1) is 19.8 Å². The van der Waals surface area contributed by atoms with Gasteiger partial charge in [0.2, 0.25) is 0 Å². The first kappa shape index (κ1) is 15.6. The number of rotatable bonds is 4. The number of ether oxygens (including phenoxy) is 1. The topological polar surface area (TPSA) is 45.3 Å². The summed E-state index contributed by atoms with van der Waals surface area (Å²) in [7, 11) is 0. The van der Waals surface area contributed by atoms with E-state index in [0.717, 1.165) is 55.4 Å². The van der Waals surface area contributed by atoms with Crippen molar-refractivity contribution in [1.82, 2.24) is 9.88 Å². The molecule has 3 rings (SSSR count). The zero-order valence-corrected chi connectivity index (χ0v) is 13.9. The monoisotopic (exact) mass is 304 g/mol. The molecule has 0 bridgehead atoms. The van der Waals surface area contributed by atoms with Crippen molar-refractivity contribution in [1.29, 1.82) is 0 Å². The Morgan fingerprint density at radius 1 is 1.23 bits per heavy atom. The lowest BCUT2D eigenvalue weighted by molar-refractivity contribution is -0.00604. The summed E-state index contributed by atoms with van der Waals surface area (Å²) in [6.07, 6.45) is 7.70. The minimum atomic E-state index is 0.139. The Kier molecular flexibility index (Phi) is 4.87. The second-order valence-corrected chi connectivity index (χ2v) is 6.99. The fourth-order valence-corrected chi connectivity index (χ4v) is 3.78. The van der Waals surface area contributed by atoms with Gasteiger partial charge in [-0.2, -0.15) is 0 Å². The second-order valence-electron chi connectivity index (χ2n) is 6.99. The van der Waals surface area contributed by atoms with Crippen LogP contribution in [-0.4, -0.2) is 41.6 Å². The van der Waals surface area contributed by atoms with Crippen molar-refractivity contribution in [2.45, 2.75) is 58.5 Å². The number of nitrogens with zero attached hydrogens (tertiary/aromatic N) is 1. The van der Waals surface area contributed by atoms with E-state index < -0.39 is 0 Å². The molecule has 1 aromatic heterocycles. The van der Waals surface area contributed by atoms with Gasteiger partial charge >= 0.3 is 0 Å². The molecule has 22 heavy (non-hydrogen) atoms. The predicted molar refractivity (Wildman–Crippen MR) is 87.1 cm³/mol. The smallest absolute Gasteiger partial charge is 0.270 e. The molecule has 0 radical (unpaired) electrons. The van der Waals surface area contributed by atoms with Crippen LogP contribution in [0.2, 0.25) is 0 Å². The molecule has 122 valence electrons. The Morgan fingerprint density at radius 3 is 2.50 bits per heavy atom. The van der Waals surface area contributed by atoms with E-state index in [0.29, 0.717) is 6.10 Å². The van der Waals surface area contributed by atoms with Crippen LogP contribution in [0.5, 0.6) is 0 Å². The Bertz CT molecular complexity index is 509. The lowest BCUT2D eigenvalue weighted by Crippen LogP contribution is -2.41. The standard InChI is InChI=1S/C18H28N2O2/c1-13-11-14(2)19-17(13)18(21)20-9-7-16(8-10-20)22-12-15-5-3-4-6-15/h11,15-16,19H,3-10,12H2,1-2H3. The van der Waals surface area contributed by atoms with Crippen molar-refractivity contribution < 1.29 is 9.53 Å². The highest BCUT2D eigenvalue weighted by Crippen LogP contribution is 2.26. The summed E-state index contributed by atoms with van der Waals surface area (Å²) in [5, 5.41) is 0. The summed E-state index contributed by atoms with van der Waals surface area (Å²) in [4.78, 5) is 17.7. The van der Waals surface area contributed by atoms with Crippen LogP contribution >= 0.6 is 0 Å². The molecule has 1 saturated heterocycles. The van der Waals surface area contributed by atoms with Crippen LogP contribution in [0.3, 0.4) is 0 Å². The normalized spacial score (nSPS) is 20.7. The zero-order chi connectivity index (χ0) is 15.5. The van der Waals surface area contributed by atoms with Gasteiger partial charge in [-0.05, 0) is 57.1 Å². The van der Waals surface area contributed by atoms with Gasteiger partial charge in [0.25, 0.3) is 5.91 Å². The van der Waals surface area contributed by atoms with E-state index in [1.807, 2.05) is 24.8 Å². The minimum Gasteiger partial charge on any atom is -0.378 e. The molecule has 4 heteroatoms. The largest absolute Gasteiger partial charge is 0.378 e. The number of carbonyl (C=O) groups excluding carboxylic acids is 1. The van der Waals surface area contributed by atoms with Gasteiger partial charge in [0, 0.05) is 25.4 Å². The fourth-order valence-electron chi connectivity index (χ4n) is 3.78. The van der Waals surface area contributed by atoms with Gasteiger partial charge in [-0.15, -0.1) is 0 Å². The maximum atomic E-state index is 12.6. The molecule has 4 nitrogen and oxygen atoms in total. The molecule has 1 aromatic rings. The summed E-state index contributed by atoms with van der Waals surface area (Å²) in [5.41, 5.74) is 2.85. The molecule has 0 aromatic carbocycles.